The minimum absolute atomic E-state index is 0.0848. The van der Waals surface area contributed by atoms with Crippen LogP contribution in [0.2, 0.25) is 0 Å². The fraction of sp³-hybridized carbons (Fsp3) is 0.923. The normalized spacial score (nSPS) is 16.6. The summed E-state index contributed by atoms with van der Waals surface area (Å²) in [6, 6.07) is 0.256. The molecule has 0 aromatic rings. The molecule has 0 aromatic carbocycles. The molecule has 0 rings (SSSR count). The van der Waals surface area contributed by atoms with Crippen molar-refractivity contribution in [1.82, 2.24) is 10.2 Å². The molecule has 0 spiro atoms. The second kappa shape index (κ2) is 7.67. The first-order valence-electron chi connectivity index (χ1n) is 6.60. The third-order valence-electron chi connectivity index (χ3n) is 3.63. The fourth-order valence-corrected chi connectivity index (χ4v) is 1.80. The van der Waals surface area contributed by atoms with Gasteiger partial charge in [0.25, 0.3) is 0 Å². The lowest BCUT2D eigenvalue weighted by Crippen LogP contribution is -2.53. The Morgan fingerprint density at radius 2 is 2.06 bits per heavy atom. The zero-order valence-corrected chi connectivity index (χ0v) is 12.0. The standard InChI is InChI=1S/C13H29N3O/c1-6-8-11(3)15-12(17)9-16(5)13(4,7-2)10-14/h11H,6-10,14H2,1-5H3,(H,15,17). The Morgan fingerprint density at radius 1 is 1.47 bits per heavy atom. The molecule has 3 N–H and O–H groups in total. The molecule has 4 heteroatoms. The smallest absolute Gasteiger partial charge is 0.234 e. The van der Waals surface area contributed by atoms with E-state index in [0.717, 1.165) is 19.3 Å². The van der Waals surface area contributed by atoms with Crippen LogP contribution in [-0.4, -0.2) is 42.5 Å². The maximum absolute atomic E-state index is 11.8. The van der Waals surface area contributed by atoms with Gasteiger partial charge in [0.05, 0.1) is 6.54 Å². The van der Waals surface area contributed by atoms with Crippen LogP contribution in [0.25, 0.3) is 0 Å². The Morgan fingerprint density at radius 3 is 2.47 bits per heavy atom. The monoisotopic (exact) mass is 243 g/mol. The third kappa shape index (κ3) is 5.50. The van der Waals surface area contributed by atoms with Gasteiger partial charge in [-0.3, -0.25) is 9.69 Å². The lowest BCUT2D eigenvalue weighted by Gasteiger charge is -2.37. The van der Waals surface area contributed by atoms with Crippen LogP contribution < -0.4 is 11.1 Å². The van der Waals surface area contributed by atoms with Gasteiger partial charge in [-0.1, -0.05) is 20.3 Å². The molecular weight excluding hydrogens is 214 g/mol. The quantitative estimate of drug-likeness (QED) is 0.676. The van der Waals surface area contributed by atoms with Crippen LogP contribution in [0.5, 0.6) is 0 Å². The van der Waals surface area contributed by atoms with E-state index in [1.54, 1.807) is 0 Å². The minimum Gasteiger partial charge on any atom is -0.353 e. The second-order valence-electron chi connectivity index (χ2n) is 5.17. The number of nitrogens with zero attached hydrogens (tertiary/aromatic N) is 1. The number of nitrogens with one attached hydrogen (secondary N) is 1. The first kappa shape index (κ1) is 16.4. The van der Waals surface area contributed by atoms with Gasteiger partial charge in [0, 0.05) is 18.1 Å². The van der Waals surface area contributed by atoms with E-state index >= 15 is 0 Å². The van der Waals surface area contributed by atoms with Crippen molar-refractivity contribution in [2.45, 2.75) is 58.5 Å². The van der Waals surface area contributed by atoms with Crippen molar-refractivity contribution in [2.24, 2.45) is 5.73 Å². The highest BCUT2D eigenvalue weighted by atomic mass is 16.2. The van der Waals surface area contributed by atoms with Crippen LogP contribution in [0, 0.1) is 0 Å². The molecule has 4 nitrogen and oxygen atoms in total. The van der Waals surface area contributed by atoms with E-state index in [-0.39, 0.29) is 17.5 Å². The van der Waals surface area contributed by atoms with Crippen molar-refractivity contribution in [2.75, 3.05) is 20.1 Å². The van der Waals surface area contributed by atoms with Gasteiger partial charge in [0.2, 0.25) is 5.91 Å². The van der Waals surface area contributed by atoms with E-state index in [9.17, 15) is 4.79 Å². The third-order valence-corrected chi connectivity index (χ3v) is 3.63. The number of likely N-dealkylation sites (N-methyl/N-ethyl adjacent to an activating group) is 1. The fourth-order valence-electron chi connectivity index (χ4n) is 1.80. The number of rotatable bonds is 8. The van der Waals surface area contributed by atoms with E-state index in [1.807, 2.05) is 18.9 Å². The first-order valence-corrected chi connectivity index (χ1v) is 6.60. The van der Waals surface area contributed by atoms with E-state index in [1.165, 1.54) is 0 Å². The van der Waals surface area contributed by atoms with Crippen LogP contribution in [-0.2, 0) is 4.79 Å². The van der Waals surface area contributed by atoms with Crippen molar-refractivity contribution < 1.29 is 4.79 Å². The van der Waals surface area contributed by atoms with Gasteiger partial charge < -0.3 is 11.1 Å². The zero-order chi connectivity index (χ0) is 13.5. The van der Waals surface area contributed by atoms with Gasteiger partial charge in [0.1, 0.15) is 0 Å². The summed E-state index contributed by atoms with van der Waals surface area (Å²) >= 11 is 0. The Balaban J connectivity index is 4.20. The molecular formula is C13H29N3O. The number of hydrogen-bond donors (Lipinski definition) is 2. The Labute approximate surface area is 106 Å². The van der Waals surface area contributed by atoms with Crippen molar-refractivity contribution >= 4 is 5.91 Å². The second-order valence-corrected chi connectivity index (χ2v) is 5.17. The van der Waals surface area contributed by atoms with Crippen molar-refractivity contribution in [3.05, 3.63) is 0 Å². The summed E-state index contributed by atoms with van der Waals surface area (Å²) < 4.78 is 0. The molecule has 0 aromatic heterocycles. The molecule has 0 aliphatic carbocycles. The maximum Gasteiger partial charge on any atom is 0.234 e. The highest BCUT2D eigenvalue weighted by Gasteiger charge is 2.27. The number of amides is 1. The predicted octanol–water partition coefficient (Wildman–Crippen LogP) is 1.35. The largest absolute Gasteiger partial charge is 0.353 e. The van der Waals surface area contributed by atoms with Gasteiger partial charge >= 0.3 is 0 Å². The van der Waals surface area contributed by atoms with Gasteiger partial charge in [-0.05, 0) is 33.7 Å². The summed E-state index contributed by atoms with van der Waals surface area (Å²) in [6.07, 6.45) is 3.06. The Hall–Kier alpha value is -0.610. The van der Waals surface area contributed by atoms with Gasteiger partial charge in [-0.2, -0.15) is 0 Å². The molecule has 102 valence electrons. The van der Waals surface area contributed by atoms with E-state index < -0.39 is 0 Å². The SMILES string of the molecule is CCCC(C)NC(=O)CN(C)C(C)(CC)CN. The number of hydrogen-bond acceptors (Lipinski definition) is 3. The highest BCUT2D eigenvalue weighted by molar-refractivity contribution is 5.78. The zero-order valence-electron chi connectivity index (χ0n) is 12.0. The van der Waals surface area contributed by atoms with Crippen molar-refractivity contribution in [3.8, 4) is 0 Å². The first-order chi connectivity index (χ1) is 7.89. The average Bonchev–Trinajstić information content (AvgIpc) is 2.27. The summed E-state index contributed by atoms with van der Waals surface area (Å²) in [5, 5.41) is 3.01. The van der Waals surface area contributed by atoms with Gasteiger partial charge in [0.15, 0.2) is 0 Å². The molecule has 0 saturated carbocycles. The summed E-state index contributed by atoms with van der Waals surface area (Å²) in [6.45, 7) is 9.34. The van der Waals surface area contributed by atoms with Gasteiger partial charge in [-0.15, -0.1) is 0 Å². The van der Waals surface area contributed by atoms with Crippen LogP contribution in [0.4, 0.5) is 0 Å². The van der Waals surface area contributed by atoms with E-state index in [4.69, 9.17) is 5.73 Å². The highest BCUT2D eigenvalue weighted by Crippen LogP contribution is 2.15. The minimum atomic E-state index is -0.0919. The number of nitrogens with two attached hydrogens (primary N) is 1. The molecule has 1 amide bonds. The van der Waals surface area contributed by atoms with Crippen LogP contribution in [0.3, 0.4) is 0 Å². The lowest BCUT2D eigenvalue weighted by molar-refractivity contribution is -0.123. The molecule has 2 unspecified atom stereocenters. The molecule has 0 radical (unpaired) electrons. The van der Waals surface area contributed by atoms with E-state index in [0.29, 0.717) is 13.1 Å². The van der Waals surface area contributed by atoms with Crippen molar-refractivity contribution in [3.63, 3.8) is 0 Å². The van der Waals surface area contributed by atoms with Crippen LogP contribution in [0.15, 0.2) is 0 Å². The summed E-state index contributed by atoms with van der Waals surface area (Å²) in [5.74, 6) is 0.0848. The Bertz CT molecular complexity index is 227. The molecule has 0 heterocycles. The molecule has 0 aliphatic rings. The molecule has 2 atom stereocenters. The average molecular weight is 243 g/mol. The molecule has 0 bridgehead atoms. The van der Waals surface area contributed by atoms with Gasteiger partial charge in [-0.25, -0.2) is 0 Å². The molecule has 0 aliphatic heterocycles. The summed E-state index contributed by atoms with van der Waals surface area (Å²) in [5.41, 5.74) is 5.68. The topological polar surface area (TPSA) is 58.4 Å². The molecule has 17 heavy (non-hydrogen) atoms. The van der Waals surface area contributed by atoms with Crippen molar-refractivity contribution in [1.29, 1.82) is 0 Å². The maximum atomic E-state index is 11.8. The predicted molar refractivity (Wildman–Crippen MR) is 72.9 cm³/mol. The molecule has 0 fully saturated rings. The Kier molecular flexibility index (Phi) is 7.39. The number of carbonyl (C=O) groups excluding carboxylic acids is 1. The molecule has 0 saturated heterocycles. The number of carbonyl (C=O) groups is 1. The van der Waals surface area contributed by atoms with Crippen LogP contribution in [0.1, 0.15) is 47.0 Å². The summed E-state index contributed by atoms with van der Waals surface area (Å²) in [4.78, 5) is 13.9. The van der Waals surface area contributed by atoms with E-state index in [2.05, 4.69) is 26.1 Å². The van der Waals surface area contributed by atoms with Crippen LogP contribution >= 0.6 is 0 Å². The lowest BCUT2D eigenvalue weighted by atomic mass is 9.97. The summed E-state index contributed by atoms with van der Waals surface area (Å²) in [7, 11) is 1.96.